The Balaban J connectivity index is 2.05. The van der Waals surface area contributed by atoms with Crippen LogP contribution in [0.1, 0.15) is 11.1 Å². The van der Waals surface area contributed by atoms with Crippen LogP contribution in [0.15, 0.2) is 77.7 Å². The zero-order valence-corrected chi connectivity index (χ0v) is 18.2. The fraction of sp³-hybridized carbons (Fsp3) is 0.143. The Morgan fingerprint density at radius 3 is 1.47 bits per heavy atom. The molecule has 0 aliphatic rings. The number of nitro groups is 3. The van der Waals surface area contributed by atoms with Gasteiger partial charge in [0.15, 0.2) is 4.90 Å². The molecule has 0 aliphatic carbocycles. The number of para-hydroxylation sites is 3. The van der Waals surface area contributed by atoms with E-state index in [9.17, 15) is 38.8 Å². The molecule has 0 amide bonds. The van der Waals surface area contributed by atoms with Crippen LogP contribution in [0.4, 0.5) is 17.1 Å². The van der Waals surface area contributed by atoms with E-state index in [2.05, 4.69) is 0 Å². The molecular weight excluding hydrogens is 470 g/mol. The molecule has 0 fully saturated rings. The lowest BCUT2D eigenvalue weighted by atomic mass is 9.99. The standard InChI is InChI=1S/C21H17N3O9S/c25-22(26)18-9-3-1-7-15(18)13-17(14-16-8-2-4-10-19(16)23(27)28)33-34(31,32)21-12-6-5-11-20(21)24(29)30/h1-12,17H,13-14H2. The van der Waals surface area contributed by atoms with E-state index in [1.165, 1.54) is 60.7 Å². The van der Waals surface area contributed by atoms with Crippen molar-refractivity contribution in [2.75, 3.05) is 0 Å². The van der Waals surface area contributed by atoms with Gasteiger partial charge >= 0.3 is 10.1 Å². The van der Waals surface area contributed by atoms with E-state index in [0.29, 0.717) is 0 Å². The Bertz CT molecular complexity index is 1300. The topological polar surface area (TPSA) is 173 Å². The van der Waals surface area contributed by atoms with Gasteiger partial charge < -0.3 is 0 Å². The van der Waals surface area contributed by atoms with Crippen molar-refractivity contribution in [2.24, 2.45) is 0 Å². The third kappa shape index (κ3) is 5.57. The highest BCUT2D eigenvalue weighted by Gasteiger charge is 2.31. The highest BCUT2D eigenvalue weighted by Crippen LogP contribution is 2.29. The normalized spacial score (nSPS) is 11.3. The van der Waals surface area contributed by atoms with Crippen LogP contribution in [-0.4, -0.2) is 29.3 Å². The molecule has 0 bridgehead atoms. The summed E-state index contributed by atoms with van der Waals surface area (Å²) in [7, 11) is -4.72. The molecule has 3 rings (SSSR count). The Hall–Kier alpha value is -4.23. The van der Waals surface area contributed by atoms with E-state index in [-0.39, 0.29) is 35.3 Å². The molecule has 0 aromatic heterocycles. The quantitative estimate of drug-likeness (QED) is 0.233. The summed E-state index contributed by atoms with van der Waals surface area (Å²) in [4.78, 5) is 31.3. The molecule has 0 saturated heterocycles. The van der Waals surface area contributed by atoms with Gasteiger partial charge in [0.05, 0.1) is 20.9 Å². The van der Waals surface area contributed by atoms with Gasteiger partial charge in [-0.3, -0.25) is 34.5 Å². The zero-order valence-electron chi connectivity index (χ0n) is 17.3. The molecule has 176 valence electrons. The molecule has 0 heterocycles. The molecule has 0 unspecified atom stereocenters. The molecule has 3 aromatic rings. The van der Waals surface area contributed by atoms with Gasteiger partial charge in [-0.2, -0.15) is 8.42 Å². The molecule has 0 N–H and O–H groups in total. The minimum absolute atomic E-state index is 0.133. The first-order valence-electron chi connectivity index (χ1n) is 9.71. The fourth-order valence-electron chi connectivity index (χ4n) is 3.40. The summed E-state index contributed by atoms with van der Waals surface area (Å²) < 4.78 is 31.3. The van der Waals surface area contributed by atoms with Gasteiger partial charge in [0, 0.05) is 42.2 Å². The van der Waals surface area contributed by atoms with Gasteiger partial charge in [0.2, 0.25) is 0 Å². The molecule has 3 aromatic carbocycles. The third-order valence-electron chi connectivity index (χ3n) is 4.87. The summed E-state index contributed by atoms with van der Waals surface area (Å²) in [6, 6.07) is 15.7. The van der Waals surface area contributed by atoms with Crippen LogP contribution in [-0.2, 0) is 27.1 Å². The van der Waals surface area contributed by atoms with Crippen molar-refractivity contribution in [1.82, 2.24) is 0 Å². The van der Waals surface area contributed by atoms with Gasteiger partial charge in [0.25, 0.3) is 17.1 Å². The first-order chi connectivity index (χ1) is 16.1. The second kappa shape index (κ2) is 10.1. The first-order valence-corrected chi connectivity index (χ1v) is 11.1. The molecule has 0 atom stereocenters. The Morgan fingerprint density at radius 1 is 0.647 bits per heavy atom. The molecule has 12 nitrogen and oxygen atoms in total. The van der Waals surface area contributed by atoms with Crippen LogP contribution < -0.4 is 0 Å². The summed E-state index contributed by atoms with van der Waals surface area (Å²) in [5, 5.41) is 34.1. The molecule has 34 heavy (non-hydrogen) atoms. The maximum Gasteiger partial charge on any atom is 0.304 e. The van der Waals surface area contributed by atoms with Crippen molar-refractivity contribution in [3.8, 4) is 0 Å². The summed E-state index contributed by atoms with van der Waals surface area (Å²) in [5.41, 5.74) is -1.02. The number of nitrogens with zero attached hydrogens (tertiary/aromatic N) is 3. The average molecular weight is 487 g/mol. The van der Waals surface area contributed by atoms with E-state index in [0.717, 1.165) is 12.1 Å². The van der Waals surface area contributed by atoms with Crippen LogP contribution in [0.5, 0.6) is 0 Å². The number of hydrogen-bond donors (Lipinski definition) is 0. The van der Waals surface area contributed by atoms with Crippen molar-refractivity contribution in [3.63, 3.8) is 0 Å². The predicted molar refractivity (Wildman–Crippen MR) is 119 cm³/mol. The zero-order chi connectivity index (χ0) is 24.9. The molecule has 0 spiro atoms. The Morgan fingerprint density at radius 2 is 1.03 bits per heavy atom. The third-order valence-corrected chi connectivity index (χ3v) is 6.28. The maximum atomic E-state index is 13.0. The smallest absolute Gasteiger partial charge is 0.262 e. The second-order valence-electron chi connectivity index (χ2n) is 7.08. The van der Waals surface area contributed by atoms with Gasteiger partial charge in [-0.1, -0.05) is 48.5 Å². The lowest BCUT2D eigenvalue weighted by molar-refractivity contribution is -0.388. The van der Waals surface area contributed by atoms with E-state index in [4.69, 9.17) is 4.18 Å². The summed E-state index contributed by atoms with van der Waals surface area (Å²) in [5.74, 6) is 0. The number of benzene rings is 3. The monoisotopic (exact) mass is 487 g/mol. The van der Waals surface area contributed by atoms with Crippen molar-refractivity contribution >= 4 is 27.2 Å². The van der Waals surface area contributed by atoms with E-state index < -0.39 is 41.6 Å². The molecular formula is C21H17N3O9S. The van der Waals surface area contributed by atoms with Crippen molar-refractivity contribution < 1.29 is 27.4 Å². The average Bonchev–Trinajstić information content (AvgIpc) is 2.79. The van der Waals surface area contributed by atoms with Crippen LogP contribution in [0.3, 0.4) is 0 Å². The Kier molecular flexibility index (Phi) is 7.28. The number of nitro benzene ring substituents is 3. The lowest BCUT2D eigenvalue weighted by Gasteiger charge is -2.18. The van der Waals surface area contributed by atoms with Gasteiger partial charge in [0.1, 0.15) is 0 Å². The Labute approximate surface area is 193 Å². The SMILES string of the molecule is O=[N+]([O-])c1ccccc1CC(Cc1ccccc1[N+](=O)[O-])OS(=O)(=O)c1ccccc1[N+](=O)[O-]. The highest BCUT2D eigenvalue weighted by molar-refractivity contribution is 7.87. The van der Waals surface area contributed by atoms with Crippen molar-refractivity contribution in [3.05, 3.63) is 114 Å². The van der Waals surface area contributed by atoms with Crippen LogP contribution in [0.25, 0.3) is 0 Å². The van der Waals surface area contributed by atoms with E-state index in [1.807, 2.05) is 0 Å². The molecule has 0 aliphatic heterocycles. The number of hydrogen-bond acceptors (Lipinski definition) is 9. The first kappa shape index (κ1) is 24.4. The number of rotatable bonds is 10. The molecule has 0 radical (unpaired) electrons. The second-order valence-corrected chi connectivity index (χ2v) is 8.62. The van der Waals surface area contributed by atoms with E-state index in [1.54, 1.807) is 0 Å². The lowest BCUT2D eigenvalue weighted by Crippen LogP contribution is -2.24. The van der Waals surface area contributed by atoms with Crippen molar-refractivity contribution in [1.29, 1.82) is 0 Å². The maximum absolute atomic E-state index is 13.0. The van der Waals surface area contributed by atoms with Gasteiger partial charge in [-0.15, -0.1) is 0 Å². The summed E-state index contributed by atoms with van der Waals surface area (Å²) >= 11 is 0. The van der Waals surface area contributed by atoms with Gasteiger partial charge in [-0.05, 0) is 6.07 Å². The predicted octanol–water partition coefficient (Wildman–Crippen LogP) is 3.97. The van der Waals surface area contributed by atoms with Gasteiger partial charge in [-0.25, -0.2) is 0 Å². The highest BCUT2D eigenvalue weighted by atomic mass is 32.2. The fourth-order valence-corrected chi connectivity index (χ4v) is 4.65. The minimum atomic E-state index is -4.72. The largest absolute Gasteiger partial charge is 0.304 e. The van der Waals surface area contributed by atoms with E-state index >= 15 is 0 Å². The van der Waals surface area contributed by atoms with Crippen LogP contribution >= 0.6 is 0 Å². The molecule has 0 saturated carbocycles. The van der Waals surface area contributed by atoms with Crippen molar-refractivity contribution in [2.45, 2.75) is 23.8 Å². The summed E-state index contributed by atoms with van der Waals surface area (Å²) in [6.45, 7) is 0. The molecule has 13 heteroatoms. The van der Waals surface area contributed by atoms with Crippen LogP contribution in [0.2, 0.25) is 0 Å². The summed E-state index contributed by atoms with van der Waals surface area (Å²) in [6.07, 6.45) is -1.95. The van der Waals surface area contributed by atoms with Crippen LogP contribution in [0, 0.1) is 30.3 Å². The minimum Gasteiger partial charge on any atom is -0.262 e.